The van der Waals surface area contributed by atoms with Crippen LogP contribution >= 0.6 is 0 Å². The fraction of sp³-hybridized carbons (Fsp3) is 0.500. The number of nitrogens with zero attached hydrogens (tertiary/aromatic N) is 1. The van der Waals surface area contributed by atoms with E-state index in [9.17, 15) is 0 Å². The minimum atomic E-state index is -0.255. The van der Waals surface area contributed by atoms with Crippen LogP contribution in [0.15, 0.2) is 42.9 Å². The lowest BCUT2D eigenvalue weighted by atomic mass is 9.81. The van der Waals surface area contributed by atoms with Gasteiger partial charge in [-0.05, 0) is 51.5 Å². The smallest absolute Gasteiger partial charge is 0.399 e. The summed E-state index contributed by atoms with van der Waals surface area (Å²) in [4.78, 5) is 5.13. The van der Waals surface area contributed by atoms with Crippen LogP contribution in [-0.4, -0.2) is 41.8 Å². The van der Waals surface area contributed by atoms with Gasteiger partial charge in [-0.2, -0.15) is 0 Å². The molecule has 0 spiro atoms. The van der Waals surface area contributed by atoms with Crippen molar-refractivity contribution in [1.29, 1.82) is 0 Å². The highest BCUT2D eigenvalue weighted by Crippen LogP contribution is 2.36. The molecule has 0 saturated carbocycles. The molecule has 5 heteroatoms. The molecule has 1 aromatic heterocycles. The van der Waals surface area contributed by atoms with E-state index < -0.39 is 0 Å². The lowest BCUT2D eigenvalue weighted by molar-refractivity contribution is 0.00578. The zero-order valence-corrected chi connectivity index (χ0v) is 13.6. The molecule has 2 aliphatic rings. The molecule has 0 bridgehead atoms. The molecule has 0 atom stereocenters. The van der Waals surface area contributed by atoms with Gasteiger partial charge in [0.05, 0.1) is 11.2 Å². The van der Waals surface area contributed by atoms with Crippen molar-refractivity contribution < 1.29 is 9.31 Å². The number of likely N-dealkylation sites (N-methyl/N-ethyl adjacent to an activating group) is 1. The standard InChI is InChI=1S/C10H16BNO2.C6H9N/c1-9(2)10(3,4)14-11(13-9)8-5-6-12-7-8;1-7-5-3-2-4-6-7/h5-7,12H,1-4H3;2-5H,6H2,1H3. The van der Waals surface area contributed by atoms with E-state index in [1.165, 1.54) is 0 Å². The maximum atomic E-state index is 5.87. The summed E-state index contributed by atoms with van der Waals surface area (Å²) in [6.45, 7) is 9.27. The molecule has 0 amide bonds. The Labute approximate surface area is 128 Å². The normalized spacial score (nSPS) is 22.1. The summed E-state index contributed by atoms with van der Waals surface area (Å²) in [5, 5.41) is 0. The Balaban J connectivity index is 0.000000194. The number of aromatic amines is 1. The first kappa shape index (κ1) is 15.9. The number of H-pyrrole nitrogens is 1. The molecule has 0 unspecified atom stereocenters. The summed E-state index contributed by atoms with van der Waals surface area (Å²) in [5.74, 6) is 0. The maximum Gasteiger partial charge on any atom is 0.496 e. The highest BCUT2D eigenvalue weighted by atomic mass is 16.7. The number of aromatic nitrogens is 1. The highest BCUT2D eigenvalue weighted by Gasteiger charge is 2.51. The average Bonchev–Trinajstić information content (AvgIpc) is 2.98. The zero-order valence-electron chi connectivity index (χ0n) is 13.6. The third-order valence-corrected chi connectivity index (χ3v) is 4.13. The van der Waals surface area contributed by atoms with Crippen molar-refractivity contribution in [2.75, 3.05) is 13.6 Å². The Morgan fingerprint density at radius 3 is 2.19 bits per heavy atom. The van der Waals surface area contributed by atoms with Gasteiger partial charge in [-0.25, -0.2) is 0 Å². The Hall–Kier alpha value is -1.46. The van der Waals surface area contributed by atoms with Crippen LogP contribution in [0.5, 0.6) is 0 Å². The van der Waals surface area contributed by atoms with Crippen LogP contribution in [0, 0.1) is 0 Å². The minimum Gasteiger partial charge on any atom is -0.399 e. The summed E-state index contributed by atoms with van der Waals surface area (Å²) in [5.41, 5.74) is 0.535. The maximum absolute atomic E-state index is 5.87. The average molecular weight is 288 g/mol. The molecule has 1 saturated heterocycles. The monoisotopic (exact) mass is 288 g/mol. The number of nitrogens with one attached hydrogen (secondary N) is 1. The van der Waals surface area contributed by atoms with Crippen LogP contribution < -0.4 is 5.46 Å². The van der Waals surface area contributed by atoms with Crippen LogP contribution in [-0.2, 0) is 9.31 Å². The Kier molecular flexibility index (Phi) is 4.64. The van der Waals surface area contributed by atoms with E-state index in [4.69, 9.17) is 9.31 Å². The summed E-state index contributed by atoms with van der Waals surface area (Å²) in [6, 6.07) is 1.97. The Morgan fingerprint density at radius 2 is 1.81 bits per heavy atom. The summed E-state index contributed by atoms with van der Waals surface area (Å²) < 4.78 is 11.7. The van der Waals surface area contributed by atoms with E-state index in [1.807, 2.05) is 24.5 Å². The molecule has 1 aromatic rings. The lowest BCUT2D eigenvalue weighted by Crippen LogP contribution is -2.41. The van der Waals surface area contributed by atoms with Crippen molar-refractivity contribution in [2.24, 2.45) is 0 Å². The van der Waals surface area contributed by atoms with E-state index in [0.29, 0.717) is 0 Å². The van der Waals surface area contributed by atoms with Crippen LogP contribution in [0.3, 0.4) is 0 Å². The van der Waals surface area contributed by atoms with E-state index in [0.717, 1.165) is 12.0 Å². The van der Waals surface area contributed by atoms with Gasteiger partial charge < -0.3 is 19.2 Å². The molecule has 3 heterocycles. The summed E-state index contributed by atoms with van der Waals surface area (Å²) >= 11 is 0. The molecule has 2 aliphatic heterocycles. The van der Waals surface area contributed by atoms with E-state index >= 15 is 0 Å². The van der Waals surface area contributed by atoms with Gasteiger partial charge in [0, 0.05) is 26.0 Å². The number of hydrogen-bond acceptors (Lipinski definition) is 3. The minimum absolute atomic E-state index is 0.244. The molecule has 0 radical (unpaired) electrons. The Bertz CT molecular complexity index is 490. The van der Waals surface area contributed by atoms with Gasteiger partial charge in [0.25, 0.3) is 0 Å². The van der Waals surface area contributed by atoms with Gasteiger partial charge in [-0.3, -0.25) is 0 Å². The predicted molar refractivity (Wildman–Crippen MR) is 87.4 cm³/mol. The van der Waals surface area contributed by atoms with Gasteiger partial charge >= 0.3 is 7.12 Å². The van der Waals surface area contributed by atoms with Crippen LogP contribution in [0.4, 0.5) is 0 Å². The first-order valence-electron chi connectivity index (χ1n) is 7.34. The first-order chi connectivity index (χ1) is 9.82. The van der Waals surface area contributed by atoms with Crippen molar-refractivity contribution in [2.45, 2.75) is 38.9 Å². The van der Waals surface area contributed by atoms with Crippen molar-refractivity contribution in [1.82, 2.24) is 9.88 Å². The first-order valence-corrected chi connectivity index (χ1v) is 7.34. The quantitative estimate of drug-likeness (QED) is 0.806. The SMILES string of the molecule is CC1(C)OB(c2cc[nH]c2)OC1(C)C.CN1C=CC=CC1. The van der Waals surface area contributed by atoms with E-state index in [2.05, 4.69) is 63.0 Å². The second kappa shape index (κ2) is 6.12. The van der Waals surface area contributed by atoms with Gasteiger partial charge in [0.15, 0.2) is 0 Å². The lowest BCUT2D eigenvalue weighted by Gasteiger charge is -2.32. The molecule has 114 valence electrons. The predicted octanol–water partition coefficient (Wildman–Crippen LogP) is 2.32. The second-order valence-electron chi connectivity index (χ2n) is 6.44. The van der Waals surface area contributed by atoms with Crippen molar-refractivity contribution in [3.8, 4) is 0 Å². The molecule has 1 fully saturated rings. The van der Waals surface area contributed by atoms with Crippen LogP contribution in [0.1, 0.15) is 27.7 Å². The second-order valence-corrected chi connectivity index (χ2v) is 6.44. The fourth-order valence-electron chi connectivity index (χ4n) is 2.03. The Morgan fingerprint density at radius 1 is 1.14 bits per heavy atom. The van der Waals surface area contributed by atoms with Crippen molar-refractivity contribution in [3.63, 3.8) is 0 Å². The fourth-order valence-corrected chi connectivity index (χ4v) is 2.03. The molecular formula is C16H25BN2O2. The molecule has 0 aliphatic carbocycles. The number of allylic oxidation sites excluding steroid dienone is 2. The molecular weight excluding hydrogens is 263 g/mol. The molecule has 4 nitrogen and oxygen atoms in total. The third kappa shape index (κ3) is 3.80. The number of rotatable bonds is 1. The van der Waals surface area contributed by atoms with Gasteiger partial charge in [-0.15, -0.1) is 0 Å². The third-order valence-electron chi connectivity index (χ3n) is 4.13. The highest BCUT2D eigenvalue weighted by molar-refractivity contribution is 6.62. The molecule has 1 N–H and O–H groups in total. The summed E-state index contributed by atoms with van der Waals surface area (Å²) in [7, 11) is 1.81. The zero-order chi connectivity index (χ0) is 15.5. The van der Waals surface area contributed by atoms with Gasteiger partial charge in [-0.1, -0.05) is 12.2 Å². The van der Waals surface area contributed by atoms with Crippen molar-refractivity contribution in [3.05, 3.63) is 42.9 Å². The van der Waals surface area contributed by atoms with Gasteiger partial charge in [0.1, 0.15) is 0 Å². The molecule has 3 rings (SSSR count). The molecule has 21 heavy (non-hydrogen) atoms. The van der Waals surface area contributed by atoms with Gasteiger partial charge in [0.2, 0.25) is 0 Å². The molecule has 0 aromatic carbocycles. The van der Waals surface area contributed by atoms with Crippen molar-refractivity contribution >= 4 is 12.6 Å². The van der Waals surface area contributed by atoms with Crippen LogP contribution in [0.2, 0.25) is 0 Å². The topological polar surface area (TPSA) is 37.5 Å². The van der Waals surface area contributed by atoms with Crippen LogP contribution in [0.25, 0.3) is 0 Å². The van der Waals surface area contributed by atoms with E-state index in [-0.39, 0.29) is 18.3 Å². The summed E-state index contributed by atoms with van der Waals surface area (Å²) in [6.07, 6.45) is 12.0. The largest absolute Gasteiger partial charge is 0.496 e. The van der Waals surface area contributed by atoms with E-state index in [1.54, 1.807) is 0 Å². The number of hydrogen-bond donors (Lipinski definition) is 1.